The molecule has 0 saturated heterocycles. The number of rotatable bonds is 5. The van der Waals surface area contributed by atoms with Crippen molar-refractivity contribution in [1.29, 1.82) is 0 Å². The molecule has 0 radical (unpaired) electrons. The largest absolute Gasteiger partial charge is 0.221 e. The van der Waals surface area contributed by atoms with Crippen LogP contribution in [0.2, 0.25) is 0 Å². The zero-order valence-electron chi connectivity index (χ0n) is 5.63. The zero-order chi connectivity index (χ0) is 8.04. The van der Waals surface area contributed by atoms with Gasteiger partial charge in [-0.1, -0.05) is 15.9 Å². The van der Waals surface area contributed by atoms with Crippen LogP contribution in [0.1, 0.15) is 0 Å². The molecule has 0 saturated carbocycles. The number of sulfonamides is 1. The van der Waals surface area contributed by atoms with E-state index in [9.17, 15) is 8.42 Å². The normalized spacial score (nSPS) is 11.8. The molecule has 6 heteroatoms. The van der Waals surface area contributed by atoms with Crippen LogP contribution in [0.25, 0.3) is 0 Å². The lowest BCUT2D eigenvalue weighted by Crippen LogP contribution is -2.26. The van der Waals surface area contributed by atoms with Crippen LogP contribution in [0.5, 0.6) is 0 Å². The average Bonchev–Trinajstić information content (AvgIpc) is 1.89. The first-order valence-corrected chi connectivity index (χ1v) is 6.81. The fourth-order valence-electron chi connectivity index (χ4n) is 0.338. The summed E-state index contributed by atoms with van der Waals surface area (Å²) in [5.74, 6) is 0.812. The Labute approximate surface area is 74.1 Å². The number of nitrogens with one attached hydrogen (secondary N) is 1. The lowest BCUT2D eigenvalue weighted by atomic mass is 10.8. The highest BCUT2D eigenvalue weighted by molar-refractivity contribution is 9.10. The average molecular weight is 248 g/mol. The van der Waals surface area contributed by atoms with Crippen molar-refractivity contribution in [3.8, 4) is 0 Å². The van der Waals surface area contributed by atoms with E-state index in [0.29, 0.717) is 6.54 Å². The Balaban J connectivity index is 3.49. The summed E-state index contributed by atoms with van der Waals surface area (Å²) in [7, 11) is -3.04. The molecule has 0 aromatic heterocycles. The molecule has 0 aromatic rings. The van der Waals surface area contributed by atoms with E-state index in [2.05, 4.69) is 20.7 Å². The third-order valence-electron chi connectivity index (χ3n) is 0.772. The summed E-state index contributed by atoms with van der Waals surface area (Å²) in [6.07, 6.45) is 1.93. The van der Waals surface area contributed by atoms with Gasteiger partial charge < -0.3 is 0 Å². The summed E-state index contributed by atoms with van der Waals surface area (Å²) >= 11 is 4.48. The van der Waals surface area contributed by atoms with Gasteiger partial charge in [0.05, 0.1) is 0 Å². The summed E-state index contributed by atoms with van der Waals surface area (Å²) in [5, 5.41) is 0. The van der Waals surface area contributed by atoms with E-state index in [1.54, 1.807) is 11.8 Å². The maximum atomic E-state index is 10.7. The van der Waals surface area contributed by atoms with Gasteiger partial charge in [-0.05, 0) is 6.26 Å². The van der Waals surface area contributed by atoms with E-state index in [4.69, 9.17) is 0 Å². The van der Waals surface area contributed by atoms with Crippen LogP contribution in [-0.4, -0.2) is 31.6 Å². The smallest absolute Gasteiger partial charge is 0.214 e. The molecule has 0 fully saturated rings. The first kappa shape index (κ1) is 10.7. The van der Waals surface area contributed by atoms with Crippen LogP contribution in [0, 0.1) is 0 Å². The van der Waals surface area contributed by atoms with Crippen molar-refractivity contribution in [3.05, 3.63) is 0 Å². The van der Waals surface area contributed by atoms with Crippen molar-refractivity contribution < 1.29 is 8.42 Å². The van der Waals surface area contributed by atoms with Crippen molar-refractivity contribution in [2.24, 2.45) is 0 Å². The number of hydrogen-bond acceptors (Lipinski definition) is 3. The number of alkyl halides is 1. The predicted molar refractivity (Wildman–Crippen MR) is 49.1 cm³/mol. The lowest BCUT2D eigenvalue weighted by Gasteiger charge is -2.00. The molecule has 0 amide bonds. The fraction of sp³-hybridized carbons (Fsp3) is 1.00. The van der Waals surface area contributed by atoms with Gasteiger partial charge in [-0.25, -0.2) is 13.1 Å². The fourth-order valence-corrected chi connectivity index (χ4v) is 1.75. The Morgan fingerprint density at radius 1 is 1.60 bits per heavy atom. The number of halogens is 1. The number of thioether (sulfide) groups is 1. The molecular weight excluding hydrogens is 238 g/mol. The zero-order valence-corrected chi connectivity index (χ0v) is 8.85. The summed E-state index contributed by atoms with van der Waals surface area (Å²) < 4.78 is 23.8. The topological polar surface area (TPSA) is 46.2 Å². The van der Waals surface area contributed by atoms with Gasteiger partial charge in [0.2, 0.25) is 10.0 Å². The van der Waals surface area contributed by atoms with Crippen LogP contribution in [0.15, 0.2) is 0 Å². The Kier molecular flexibility index (Phi) is 5.80. The molecule has 0 aromatic carbocycles. The molecule has 62 valence electrons. The minimum Gasteiger partial charge on any atom is -0.214 e. The van der Waals surface area contributed by atoms with E-state index in [0.717, 1.165) is 5.75 Å². The molecule has 0 spiro atoms. The van der Waals surface area contributed by atoms with Crippen molar-refractivity contribution in [1.82, 2.24) is 4.72 Å². The summed E-state index contributed by atoms with van der Waals surface area (Å²) in [6, 6.07) is 0. The van der Waals surface area contributed by atoms with Crippen LogP contribution < -0.4 is 4.72 Å². The summed E-state index contributed by atoms with van der Waals surface area (Å²) in [6.45, 7) is 0.509. The molecule has 3 nitrogen and oxygen atoms in total. The SMILES string of the molecule is CSCCNS(=O)(=O)CBr. The second-order valence-electron chi connectivity index (χ2n) is 1.61. The van der Waals surface area contributed by atoms with E-state index < -0.39 is 10.0 Å². The Bertz CT molecular complexity index is 168. The third-order valence-corrected chi connectivity index (χ3v) is 4.12. The highest BCUT2D eigenvalue weighted by atomic mass is 79.9. The molecule has 0 rings (SSSR count). The van der Waals surface area contributed by atoms with E-state index >= 15 is 0 Å². The van der Waals surface area contributed by atoms with Crippen LogP contribution in [0.3, 0.4) is 0 Å². The molecular formula is C4H10BrNO2S2. The monoisotopic (exact) mass is 247 g/mol. The second kappa shape index (κ2) is 5.40. The molecule has 0 aliphatic rings. The maximum absolute atomic E-state index is 10.7. The van der Waals surface area contributed by atoms with Crippen molar-refractivity contribution in [2.75, 3.05) is 23.2 Å². The maximum Gasteiger partial charge on any atom is 0.221 e. The lowest BCUT2D eigenvalue weighted by molar-refractivity contribution is 0.589. The van der Waals surface area contributed by atoms with Crippen molar-refractivity contribution >= 4 is 37.7 Å². The minimum atomic E-state index is -3.04. The van der Waals surface area contributed by atoms with Gasteiger partial charge in [0.15, 0.2) is 0 Å². The van der Waals surface area contributed by atoms with Gasteiger partial charge in [0.25, 0.3) is 0 Å². The van der Waals surface area contributed by atoms with Gasteiger partial charge in [0, 0.05) is 12.3 Å². The van der Waals surface area contributed by atoms with Gasteiger partial charge in [0.1, 0.15) is 4.66 Å². The van der Waals surface area contributed by atoms with E-state index in [-0.39, 0.29) is 4.66 Å². The first-order valence-electron chi connectivity index (χ1n) is 2.64. The predicted octanol–water partition coefficient (Wildman–Crippen LogP) is 0.621. The third kappa shape index (κ3) is 5.52. The van der Waals surface area contributed by atoms with Crippen LogP contribution in [-0.2, 0) is 10.0 Å². The molecule has 1 N–H and O–H groups in total. The Hall–Kier alpha value is 0.740. The quantitative estimate of drug-likeness (QED) is 0.573. The highest BCUT2D eigenvalue weighted by Gasteiger charge is 2.04. The van der Waals surface area contributed by atoms with Gasteiger partial charge in [-0.2, -0.15) is 11.8 Å². The molecule has 0 aliphatic heterocycles. The standard InChI is InChI=1S/C4H10BrNO2S2/c1-9-3-2-6-10(7,8)4-5/h6H,2-4H2,1H3. The Morgan fingerprint density at radius 3 is 2.60 bits per heavy atom. The molecule has 0 aliphatic carbocycles. The molecule has 10 heavy (non-hydrogen) atoms. The highest BCUT2D eigenvalue weighted by Crippen LogP contribution is 1.92. The van der Waals surface area contributed by atoms with Gasteiger partial charge in [-0.15, -0.1) is 0 Å². The van der Waals surface area contributed by atoms with E-state index in [1.807, 2.05) is 6.26 Å². The summed E-state index contributed by atoms with van der Waals surface area (Å²) in [5.41, 5.74) is 0. The molecule has 0 atom stereocenters. The van der Waals surface area contributed by atoms with Gasteiger partial charge >= 0.3 is 0 Å². The van der Waals surface area contributed by atoms with E-state index in [1.165, 1.54) is 0 Å². The molecule has 0 bridgehead atoms. The first-order chi connectivity index (χ1) is 4.62. The Morgan fingerprint density at radius 2 is 2.20 bits per heavy atom. The van der Waals surface area contributed by atoms with Crippen molar-refractivity contribution in [2.45, 2.75) is 0 Å². The van der Waals surface area contributed by atoms with Gasteiger partial charge in [-0.3, -0.25) is 0 Å². The minimum absolute atomic E-state index is 0.0195. The van der Waals surface area contributed by atoms with Crippen LogP contribution in [0.4, 0.5) is 0 Å². The molecule has 0 unspecified atom stereocenters. The second-order valence-corrected chi connectivity index (χ2v) is 5.71. The van der Waals surface area contributed by atoms with Crippen LogP contribution >= 0.6 is 27.7 Å². The molecule has 0 heterocycles. The van der Waals surface area contributed by atoms with Crippen molar-refractivity contribution in [3.63, 3.8) is 0 Å². The number of hydrogen-bond donors (Lipinski definition) is 1. The summed E-state index contributed by atoms with van der Waals surface area (Å²) in [4.78, 5) is 0.